The quantitative estimate of drug-likeness (QED) is 0.579. The molecular formula is C9H7NO3S. The Bertz CT molecular complexity index is 492. The van der Waals surface area contributed by atoms with Crippen LogP contribution in [0.3, 0.4) is 0 Å². The van der Waals surface area contributed by atoms with Crippen LogP contribution in [0.1, 0.15) is 5.56 Å². The minimum atomic E-state index is -1.30. The second-order valence-electron chi connectivity index (χ2n) is 2.76. The first kappa shape index (κ1) is 8.96. The number of rotatable bonds is 1. The van der Waals surface area contributed by atoms with Crippen molar-refractivity contribution in [2.45, 2.75) is 6.92 Å². The molecule has 0 aliphatic rings. The molecule has 0 atom stereocenters. The molecule has 0 aliphatic heterocycles. The molecular weight excluding hydrogens is 202 g/mol. The van der Waals surface area contributed by atoms with Crippen molar-refractivity contribution in [2.24, 2.45) is 0 Å². The molecule has 0 aliphatic carbocycles. The van der Waals surface area contributed by atoms with Gasteiger partial charge in [-0.3, -0.25) is 0 Å². The lowest BCUT2D eigenvalue weighted by Crippen LogP contribution is -2.04. The van der Waals surface area contributed by atoms with Gasteiger partial charge in [-0.25, -0.2) is 9.78 Å². The van der Waals surface area contributed by atoms with Gasteiger partial charge in [0.2, 0.25) is 0 Å². The van der Waals surface area contributed by atoms with Gasteiger partial charge in [-0.1, -0.05) is 0 Å². The maximum atomic E-state index is 10.4. The lowest BCUT2D eigenvalue weighted by Gasteiger charge is -2.03. The third-order valence-electron chi connectivity index (χ3n) is 1.90. The summed E-state index contributed by atoms with van der Waals surface area (Å²) in [5.74, 6) is 0.343. The molecule has 0 amide bonds. The van der Waals surface area contributed by atoms with E-state index >= 15 is 0 Å². The number of carbonyl (C=O) groups is 1. The number of hydrogen-bond acceptors (Lipinski definition) is 4. The zero-order valence-corrected chi connectivity index (χ0v) is 8.17. The van der Waals surface area contributed by atoms with E-state index in [-0.39, 0.29) is 0 Å². The molecule has 1 heterocycles. The van der Waals surface area contributed by atoms with E-state index in [1.807, 2.05) is 0 Å². The molecule has 0 bridgehead atoms. The van der Waals surface area contributed by atoms with Crippen LogP contribution < -0.4 is 4.74 Å². The summed E-state index contributed by atoms with van der Waals surface area (Å²) in [5, 5.41) is 8.47. The third-order valence-corrected chi connectivity index (χ3v) is 2.70. The minimum absolute atomic E-state index is 0.343. The number of carboxylic acid groups (broad SMARTS) is 1. The molecule has 2 rings (SSSR count). The van der Waals surface area contributed by atoms with E-state index in [0.29, 0.717) is 5.75 Å². The summed E-state index contributed by atoms with van der Waals surface area (Å²) < 4.78 is 5.63. The van der Waals surface area contributed by atoms with Crippen LogP contribution in [0.4, 0.5) is 4.79 Å². The summed E-state index contributed by atoms with van der Waals surface area (Å²) in [7, 11) is 0. The van der Waals surface area contributed by atoms with Gasteiger partial charge in [-0.2, -0.15) is 0 Å². The van der Waals surface area contributed by atoms with E-state index in [1.165, 1.54) is 11.3 Å². The molecule has 0 fully saturated rings. The Kier molecular flexibility index (Phi) is 2.09. The fourth-order valence-electron chi connectivity index (χ4n) is 1.25. The highest BCUT2D eigenvalue weighted by Crippen LogP contribution is 2.28. The SMILES string of the molecule is Cc1c(OC(=O)O)ccc2scnc12. The number of fused-ring (bicyclic) bond motifs is 1. The Hall–Kier alpha value is -1.62. The smallest absolute Gasteiger partial charge is 0.449 e. The molecule has 1 aromatic carbocycles. The van der Waals surface area contributed by atoms with Crippen LogP contribution in [0.25, 0.3) is 10.2 Å². The van der Waals surface area contributed by atoms with Crippen molar-refractivity contribution in [3.63, 3.8) is 0 Å². The average Bonchev–Trinajstić information content (AvgIpc) is 2.57. The molecule has 0 spiro atoms. The van der Waals surface area contributed by atoms with Crippen LogP contribution in [0.2, 0.25) is 0 Å². The molecule has 4 nitrogen and oxygen atoms in total. The number of aromatic nitrogens is 1. The summed E-state index contributed by atoms with van der Waals surface area (Å²) in [4.78, 5) is 14.5. The zero-order chi connectivity index (χ0) is 10.1. The number of hydrogen-bond donors (Lipinski definition) is 1. The number of aryl methyl sites for hydroxylation is 1. The van der Waals surface area contributed by atoms with Crippen molar-refractivity contribution >= 4 is 27.7 Å². The summed E-state index contributed by atoms with van der Waals surface area (Å²) in [5.41, 5.74) is 3.28. The molecule has 14 heavy (non-hydrogen) atoms. The lowest BCUT2D eigenvalue weighted by molar-refractivity contribution is 0.144. The highest BCUT2D eigenvalue weighted by atomic mass is 32.1. The van der Waals surface area contributed by atoms with Gasteiger partial charge < -0.3 is 9.84 Å². The number of thiazole rings is 1. The van der Waals surface area contributed by atoms with Crippen molar-refractivity contribution in [1.29, 1.82) is 0 Å². The Balaban J connectivity index is 2.56. The van der Waals surface area contributed by atoms with Gasteiger partial charge in [0.15, 0.2) is 0 Å². The standard InChI is InChI=1S/C9H7NO3S/c1-5-6(13-9(11)12)2-3-7-8(5)10-4-14-7/h2-4H,1H3,(H,11,12). The van der Waals surface area contributed by atoms with E-state index < -0.39 is 6.16 Å². The fraction of sp³-hybridized carbons (Fsp3) is 0.111. The fourth-order valence-corrected chi connectivity index (χ4v) is 1.99. The van der Waals surface area contributed by atoms with Crippen molar-refractivity contribution in [1.82, 2.24) is 4.98 Å². The van der Waals surface area contributed by atoms with Gasteiger partial charge in [-0.15, -0.1) is 11.3 Å². The van der Waals surface area contributed by atoms with Crippen molar-refractivity contribution < 1.29 is 14.6 Å². The Morgan fingerprint density at radius 1 is 1.57 bits per heavy atom. The molecule has 1 aromatic heterocycles. The predicted octanol–water partition coefficient (Wildman–Crippen LogP) is 2.66. The Morgan fingerprint density at radius 2 is 2.36 bits per heavy atom. The van der Waals surface area contributed by atoms with Gasteiger partial charge in [-0.05, 0) is 19.1 Å². The Labute approximate surface area is 83.8 Å². The first-order valence-corrected chi connectivity index (χ1v) is 4.80. The van der Waals surface area contributed by atoms with E-state index in [2.05, 4.69) is 9.72 Å². The van der Waals surface area contributed by atoms with Gasteiger partial charge in [0.05, 0.1) is 15.7 Å². The molecule has 1 N–H and O–H groups in total. The average molecular weight is 209 g/mol. The molecule has 0 saturated carbocycles. The number of benzene rings is 1. The maximum absolute atomic E-state index is 10.4. The summed E-state index contributed by atoms with van der Waals surface area (Å²) in [6.45, 7) is 1.79. The van der Waals surface area contributed by atoms with Crippen molar-refractivity contribution in [2.75, 3.05) is 0 Å². The van der Waals surface area contributed by atoms with E-state index in [9.17, 15) is 4.79 Å². The molecule has 0 saturated heterocycles. The predicted molar refractivity (Wildman–Crippen MR) is 53.0 cm³/mol. The third kappa shape index (κ3) is 1.42. The highest BCUT2D eigenvalue weighted by molar-refractivity contribution is 7.16. The lowest BCUT2D eigenvalue weighted by atomic mass is 10.2. The normalized spacial score (nSPS) is 10.4. The molecule has 72 valence electrons. The topological polar surface area (TPSA) is 59.4 Å². The Morgan fingerprint density at radius 3 is 3.07 bits per heavy atom. The highest BCUT2D eigenvalue weighted by Gasteiger charge is 2.09. The zero-order valence-electron chi connectivity index (χ0n) is 7.35. The largest absolute Gasteiger partial charge is 0.511 e. The van der Waals surface area contributed by atoms with Crippen LogP contribution in [0, 0.1) is 6.92 Å². The second-order valence-corrected chi connectivity index (χ2v) is 3.64. The molecule has 0 radical (unpaired) electrons. The number of nitrogens with zero attached hydrogens (tertiary/aromatic N) is 1. The molecule has 2 aromatic rings. The summed E-state index contributed by atoms with van der Waals surface area (Å²) in [6, 6.07) is 3.45. The van der Waals surface area contributed by atoms with E-state index in [0.717, 1.165) is 15.8 Å². The van der Waals surface area contributed by atoms with Gasteiger partial charge in [0.1, 0.15) is 5.75 Å². The van der Waals surface area contributed by atoms with Crippen molar-refractivity contribution in [3.05, 3.63) is 23.2 Å². The summed E-state index contributed by atoms with van der Waals surface area (Å²) >= 11 is 1.51. The van der Waals surface area contributed by atoms with E-state index in [1.54, 1.807) is 24.6 Å². The minimum Gasteiger partial charge on any atom is -0.449 e. The molecule has 5 heteroatoms. The van der Waals surface area contributed by atoms with Crippen molar-refractivity contribution in [3.8, 4) is 5.75 Å². The first-order chi connectivity index (χ1) is 6.68. The van der Waals surface area contributed by atoms with Crippen LogP contribution in [0.5, 0.6) is 5.75 Å². The van der Waals surface area contributed by atoms with Crippen LogP contribution in [0.15, 0.2) is 17.6 Å². The number of ether oxygens (including phenoxy) is 1. The molecule has 0 unspecified atom stereocenters. The van der Waals surface area contributed by atoms with Crippen LogP contribution >= 0.6 is 11.3 Å². The van der Waals surface area contributed by atoms with Crippen LogP contribution in [-0.2, 0) is 0 Å². The second kappa shape index (κ2) is 3.26. The van der Waals surface area contributed by atoms with Gasteiger partial charge >= 0.3 is 6.16 Å². The van der Waals surface area contributed by atoms with Gasteiger partial charge in [0.25, 0.3) is 0 Å². The first-order valence-electron chi connectivity index (χ1n) is 3.92. The van der Waals surface area contributed by atoms with Gasteiger partial charge in [0, 0.05) is 5.56 Å². The summed E-state index contributed by atoms with van der Waals surface area (Å²) in [6.07, 6.45) is -1.30. The van der Waals surface area contributed by atoms with E-state index in [4.69, 9.17) is 5.11 Å². The monoisotopic (exact) mass is 209 g/mol. The maximum Gasteiger partial charge on any atom is 0.511 e. The van der Waals surface area contributed by atoms with Crippen LogP contribution in [-0.4, -0.2) is 16.2 Å².